The van der Waals surface area contributed by atoms with E-state index < -0.39 is 9.84 Å². The quantitative estimate of drug-likeness (QED) is 0.870. The van der Waals surface area contributed by atoms with Gasteiger partial charge >= 0.3 is 0 Å². The van der Waals surface area contributed by atoms with E-state index in [9.17, 15) is 13.2 Å². The van der Waals surface area contributed by atoms with Crippen LogP contribution < -0.4 is 5.43 Å². The third kappa shape index (κ3) is 2.42. The minimum Gasteiger partial charge on any atom is -0.290 e. The smallest absolute Gasteiger partial charge is 0.183 e. The molecule has 1 saturated heterocycles. The molecular formula is C12H15N3O3S. The number of fused-ring (bicyclic) bond motifs is 1. The third-order valence-electron chi connectivity index (χ3n) is 3.54. The van der Waals surface area contributed by atoms with Crippen LogP contribution in [0.15, 0.2) is 23.1 Å². The Kier molecular flexibility index (Phi) is 2.93. The van der Waals surface area contributed by atoms with Crippen LogP contribution in [0, 0.1) is 0 Å². The number of hydrogen-bond acceptors (Lipinski definition) is 4. The van der Waals surface area contributed by atoms with Crippen LogP contribution in [-0.2, 0) is 16.3 Å². The molecule has 3 rings (SSSR count). The second-order valence-corrected chi connectivity index (χ2v) is 7.35. The van der Waals surface area contributed by atoms with Crippen molar-refractivity contribution < 1.29 is 8.42 Å². The summed E-state index contributed by atoms with van der Waals surface area (Å²) in [6.45, 7) is 0. The lowest BCUT2D eigenvalue weighted by Crippen LogP contribution is -2.30. The molecule has 1 unspecified atom stereocenters. The van der Waals surface area contributed by atoms with E-state index in [0.717, 1.165) is 12.8 Å². The van der Waals surface area contributed by atoms with Gasteiger partial charge in [-0.2, -0.15) is 0 Å². The van der Waals surface area contributed by atoms with Crippen molar-refractivity contribution in [2.45, 2.75) is 30.9 Å². The SMILES string of the molecule is O=c1ccn2[nH]c(CC3CCCCS3(=O)=O)nc2c1. The fourth-order valence-electron chi connectivity index (χ4n) is 2.51. The van der Waals surface area contributed by atoms with Crippen molar-refractivity contribution in [2.75, 3.05) is 5.75 Å². The number of rotatable bonds is 2. The number of aromatic amines is 1. The van der Waals surface area contributed by atoms with E-state index in [-0.39, 0.29) is 16.4 Å². The van der Waals surface area contributed by atoms with Crippen LogP contribution in [0.1, 0.15) is 25.1 Å². The Balaban J connectivity index is 1.91. The van der Waals surface area contributed by atoms with Gasteiger partial charge in [0.2, 0.25) is 0 Å². The first-order valence-electron chi connectivity index (χ1n) is 6.33. The van der Waals surface area contributed by atoms with Crippen LogP contribution in [-0.4, -0.2) is 34.0 Å². The van der Waals surface area contributed by atoms with Gasteiger partial charge in [-0.05, 0) is 12.8 Å². The molecule has 7 heteroatoms. The predicted octanol–water partition coefficient (Wildman–Crippen LogP) is 0.532. The van der Waals surface area contributed by atoms with Gasteiger partial charge in [0, 0.05) is 24.8 Å². The topological polar surface area (TPSA) is 84.3 Å². The van der Waals surface area contributed by atoms with E-state index >= 15 is 0 Å². The summed E-state index contributed by atoms with van der Waals surface area (Å²) in [5, 5.41) is 2.66. The molecule has 1 N–H and O–H groups in total. The molecule has 0 spiro atoms. The van der Waals surface area contributed by atoms with Crippen molar-refractivity contribution in [1.82, 2.24) is 14.6 Å². The highest BCUT2D eigenvalue weighted by Gasteiger charge is 2.29. The van der Waals surface area contributed by atoms with E-state index in [0.29, 0.717) is 24.3 Å². The molecule has 0 saturated carbocycles. The Labute approximate surface area is 110 Å². The van der Waals surface area contributed by atoms with Gasteiger partial charge in [-0.1, -0.05) is 6.42 Å². The molecule has 0 bridgehead atoms. The van der Waals surface area contributed by atoms with Gasteiger partial charge in [-0.25, -0.2) is 17.9 Å². The molecule has 2 aromatic rings. The van der Waals surface area contributed by atoms with Crippen molar-refractivity contribution in [3.8, 4) is 0 Å². The summed E-state index contributed by atoms with van der Waals surface area (Å²) in [7, 11) is -3.00. The highest BCUT2D eigenvalue weighted by Crippen LogP contribution is 2.22. The largest absolute Gasteiger partial charge is 0.290 e. The zero-order valence-electron chi connectivity index (χ0n) is 10.4. The van der Waals surface area contributed by atoms with Crippen LogP contribution in [0.3, 0.4) is 0 Å². The summed E-state index contributed by atoms with van der Waals surface area (Å²) in [5.74, 6) is 0.886. The van der Waals surface area contributed by atoms with Gasteiger partial charge in [0.15, 0.2) is 20.9 Å². The standard InChI is InChI=1S/C12H15N3O3S/c16-9-4-5-15-12(7-9)13-11(14-15)8-10-3-1-2-6-19(10,17)18/h4-5,7,10H,1-3,6,8H2,(H,13,14). The van der Waals surface area contributed by atoms with Gasteiger partial charge in [0.1, 0.15) is 5.82 Å². The van der Waals surface area contributed by atoms with E-state index in [1.807, 2.05) is 0 Å². The molecule has 6 nitrogen and oxygen atoms in total. The van der Waals surface area contributed by atoms with Crippen molar-refractivity contribution in [3.05, 3.63) is 34.4 Å². The normalized spacial score (nSPS) is 22.6. The number of pyridine rings is 1. The molecule has 3 heterocycles. The number of H-pyrrole nitrogens is 1. The van der Waals surface area contributed by atoms with Crippen molar-refractivity contribution in [1.29, 1.82) is 0 Å². The van der Waals surface area contributed by atoms with Crippen LogP contribution in [0.2, 0.25) is 0 Å². The molecule has 1 aliphatic heterocycles. The van der Waals surface area contributed by atoms with Gasteiger partial charge in [-0.3, -0.25) is 9.89 Å². The molecule has 0 aromatic carbocycles. The predicted molar refractivity (Wildman–Crippen MR) is 70.9 cm³/mol. The first-order valence-corrected chi connectivity index (χ1v) is 8.05. The van der Waals surface area contributed by atoms with Crippen molar-refractivity contribution in [3.63, 3.8) is 0 Å². The van der Waals surface area contributed by atoms with Gasteiger partial charge < -0.3 is 0 Å². The summed E-state index contributed by atoms with van der Waals surface area (Å²) in [6.07, 6.45) is 4.38. The van der Waals surface area contributed by atoms with Gasteiger partial charge in [0.05, 0.1) is 11.0 Å². The van der Waals surface area contributed by atoms with E-state index in [4.69, 9.17) is 0 Å². The Bertz CT molecular complexity index is 760. The lowest BCUT2D eigenvalue weighted by atomic mass is 10.1. The maximum Gasteiger partial charge on any atom is 0.183 e. The number of sulfone groups is 1. The Morgan fingerprint density at radius 3 is 3.05 bits per heavy atom. The maximum atomic E-state index is 12.0. The third-order valence-corrected chi connectivity index (χ3v) is 5.81. The zero-order chi connectivity index (χ0) is 13.5. The first kappa shape index (κ1) is 12.4. The zero-order valence-corrected chi connectivity index (χ0v) is 11.2. The maximum absolute atomic E-state index is 12.0. The van der Waals surface area contributed by atoms with E-state index in [1.165, 1.54) is 12.1 Å². The first-order chi connectivity index (χ1) is 9.04. The molecule has 19 heavy (non-hydrogen) atoms. The number of nitrogens with zero attached hydrogens (tertiary/aromatic N) is 2. The number of nitrogens with one attached hydrogen (secondary N) is 1. The van der Waals surface area contributed by atoms with Crippen LogP contribution in [0.4, 0.5) is 0 Å². The van der Waals surface area contributed by atoms with Crippen LogP contribution in [0.25, 0.3) is 5.65 Å². The van der Waals surface area contributed by atoms with Crippen LogP contribution in [0.5, 0.6) is 0 Å². The molecular weight excluding hydrogens is 266 g/mol. The Morgan fingerprint density at radius 2 is 2.26 bits per heavy atom. The number of aromatic nitrogens is 3. The average Bonchev–Trinajstić information content (AvgIpc) is 2.73. The van der Waals surface area contributed by atoms with Crippen molar-refractivity contribution in [2.24, 2.45) is 0 Å². The lowest BCUT2D eigenvalue weighted by Gasteiger charge is -2.20. The minimum atomic E-state index is -3.00. The molecule has 1 fully saturated rings. The van der Waals surface area contributed by atoms with Gasteiger partial charge in [0.25, 0.3) is 0 Å². The summed E-state index contributed by atoms with van der Waals surface area (Å²) < 4.78 is 25.5. The van der Waals surface area contributed by atoms with E-state index in [1.54, 1.807) is 10.7 Å². The second-order valence-electron chi connectivity index (χ2n) is 4.95. The molecule has 1 aliphatic rings. The highest BCUT2D eigenvalue weighted by molar-refractivity contribution is 7.92. The fraction of sp³-hybridized carbons (Fsp3) is 0.500. The molecule has 0 aliphatic carbocycles. The van der Waals surface area contributed by atoms with Crippen molar-refractivity contribution >= 4 is 15.5 Å². The molecule has 0 radical (unpaired) electrons. The monoisotopic (exact) mass is 281 g/mol. The fourth-order valence-corrected chi connectivity index (χ4v) is 4.39. The average molecular weight is 281 g/mol. The molecule has 2 aromatic heterocycles. The molecule has 0 amide bonds. The number of hydrogen-bond donors (Lipinski definition) is 1. The molecule has 1 atom stereocenters. The second kappa shape index (κ2) is 4.48. The molecule has 102 valence electrons. The minimum absolute atomic E-state index is 0.108. The highest BCUT2D eigenvalue weighted by atomic mass is 32.2. The summed E-state index contributed by atoms with van der Waals surface area (Å²) in [4.78, 5) is 15.5. The summed E-state index contributed by atoms with van der Waals surface area (Å²) in [6, 6.07) is 2.86. The summed E-state index contributed by atoms with van der Waals surface area (Å²) in [5.41, 5.74) is 0.416. The van der Waals surface area contributed by atoms with Crippen LogP contribution >= 0.6 is 0 Å². The van der Waals surface area contributed by atoms with Gasteiger partial charge in [-0.15, -0.1) is 0 Å². The Hall–Kier alpha value is -1.63. The summed E-state index contributed by atoms with van der Waals surface area (Å²) >= 11 is 0. The lowest BCUT2D eigenvalue weighted by molar-refractivity contribution is 0.534. The van der Waals surface area contributed by atoms with E-state index in [2.05, 4.69) is 10.1 Å². The Morgan fingerprint density at radius 1 is 1.42 bits per heavy atom.